The topological polar surface area (TPSA) is 52.9 Å². The number of allylic oxidation sites excluding steroid dienone is 1. The van der Waals surface area contributed by atoms with Crippen LogP contribution >= 0.6 is 35.0 Å². The van der Waals surface area contributed by atoms with E-state index in [1.807, 2.05) is 6.07 Å². The summed E-state index contributed by atoms with van der Waals surface area (Å²) >= 11 is 13.1. The molecule has 0 saturated heterocycles. The average molecular weight is 349 g/mol. The molecular weight excluding hydrogens is 339 g/mol. The number of nitriles is 1. The highest BCUT2D eigenvalue weighted by molar-refractivity contribution is 8.04. The van der Waals surface area contributed by atoms with Gasteiger partial charge in [0, 0.05) is 15.5 Å². The molecule has 1 N–H and O–H groups in total. The molecule has 0 unspecified atom stereocenters. The van der Waals surface area contributed by atoms with E-state index in [1.165, 1.54) is 11.8 Å². The molecule has 0 atom stereocenters. The van der Waals surface area contributed by atoms with E-state index in [0.717, 1.165) is 4.90 Å². The lowest BCUT2D eigenvalue weighted by Gasteiger charge is -2.06. The van der Waals surface area contributed by atoms with Crippen molar-refractivity contribution in [3.05, 3.63) is 75.2 Å². The van der Waals surface area contributed by atoms with Crippen molar-refractivity contribution in [3.8, 4) is 6.07 Å². The highest BCUT2D eigenvalue weighted by Gasteiger charge is 2.11. The minimum Gasteiger partial charge on any atom is -0.311 e. The predicted octanol–water partition coefficient (Wildman–Crippen LogP) is 4.79. The number of benzene rings is 2. The first-order valence-electron chi connectivity index (χ1n) is 6.20. The zero-order chi connectivity index (χ0) is 15.9. The number of hydrogen-bond acceptors (Lipinski definition) is 3. The maximum atomic E-state index is 12.0. The van der Waals surface area contributed by atoms with E-state index in [1.54, 1.807) is 54.6 Å². The third kappa shape index (κ3) is 4.54. The molecular formula is C16H10Cl2N2OS. The van der Waals surface area contributed by atoms with Crippen LogP contribution in [0, 0.1) is 11.3 Å². The van der Waals surface area contributed by atoms with Crippen LogP contribution in [0.25, 0.3) is 0 Å². The summed E-state index contributed by atoms with van der Waals surface area (Å²) in [6, 6.07) is 17.5. The molecule has 0 aromatic heterocycles. The first-order chi connectivity index (χ1) is 10.6. The molecule has 3 nitrogen and oxygen atoms in total. The quantitative estimate of drug-likeness (QED) is 0.638. The van der Waals surface area contributed by atoms with Gasteiger partial charge in [-0.1, -0.05) is 53.2 Å². The Kier molecular flexibility index (Phi) is 5.91. The van der Waals surface area contributed by atoms with Gasteiger partial charge in [0.05, 0.1) is 0 Å². The number of amides is 1. The number of thioether (sulfide) groups is 1. The summed E-state index contributed by atoms with van der Waals surface area (Å²) in [5.74, 6) is -0.382. The summed E-state index contributed by atoms with van der Waals surface area (Å²) in [7, 11) is 0. The maximum Gasteiger partial charge on any atom is 0.256 e. The van der Waals surface area contributed by atoms with E-state index in [-0.39, 0.29) is 16.0 Å². The molecule has 0 bridgehead atoms. The Bertz CT molecular complexity index is 737. The molecule has 0 saturated carbocycles. The molecule has 0 aliphatic heterocycles. The second kappa shape index (κ2) is 7.90. The monoisotopic (exact) mass is 348 g/mol. The van der Waals surface area contributed by atoms with Crippen LogP contribution in [-0.4, -0.2) is 5.91 Å². The Morgan fingerprint density at radius 3 is 2.32 bits per heavy atom. The van der Waals surface area contributed by atoms with Crippen molar-refractivity contribution in [2.24, 2.45) is 0 Å². The summed E-state index contributed by atoms with van der Waals surface area (Å²) in [6.45, 7) is 0. The fourth-order valence-corrected chi connectivity index (χ4v) is 2.71. The first-order valence-corrected chi connectivity index (χ1v) is 7.77. The molecule has 110 valence electrons. The smallest absolute Gasteiger partial charge is 0.256 e. The van der Waals surface area contributed by atoms with Crippen LogP contribution in [-0.2, 0) is 0 Å². The van der Waals surface area contributed by atoms with Gasteiger partial charge in [-0.05, 0) is 36.4 Å². The van der Waals surface area contributed by atoms with Crippen LogP contribution < -0.4 is 5.32 Å². The molecule has 2 aromatic rings. The number of carbonyl (C=O) groups excluding carboxylic acids is 1. The Labute approximate surface area is 142 Å². The fourth-order valence-electron chi connectivity index (χ4n) is 1.55. The average Bonchev–Trinajstić information content (AvgIpc) is 2.55. The SMILES string of the molecule is N#CC(NC(=O)c1ccccc1)=C(Cl)Sc1ccc(Cl)cc1. The van der Waals surface area contributed by atoms with Crippen molar-refractivity contribution in [2.45, 2.75) is 4.90 Å². The van der Waals surface area contributed by atoms with E-state index in [0.29, 0.717) is 10.6 Å². The van der Waals surface area contributed by atoms with Crippen molar-refractivity contribution in [2.75, 3.05) is 0 Å². The van der Waals surface area contributed by atoms with Crippen LogP contribution in [0.1, 0.15) is 10.4 Å². The lowest BCUT2D eigenvalue weighted by atomic mass is 10.2. The summed E-state index contributed by atoms with van der Waals surface area (Å²) in [6.07, 6.45) is 0. The van der Waals surface area contributed by atoms with Gasteiger partial charge < -0.3 is 5.32 Å². The van der Waals surface area contributed by atoms with Crippen LogP contribution in [0.2, 0.25) is 5.02 Å². The molecule has 0 heterocycles. The summed E-state index contributed by atoms with van der Waals surface area (Å²) in [4.78, 5) is 12.8. The van der Waals surface area contributed by atoms with E-state index >= 15 is 0 Å². The molecule has 6 heteroatoms. The normalized spacial score (nSPS) is 11.3. The number of rotatable bonds is 4. The van der Waals surface area contributed by atoms with Crippen LogP contribution in [0.4, 0.5) is 0 Å². The number of halogens is 2. The Hall–Kier alpha value is -1.93. The lowest BCUT2D eigenvalue weighted by Crippen LogP contribution is -2.22. The Balaban J connectivity index is 2.14. The van der Waals surface area contributed by atoms with Crippen molar-refractivity contribution in [3.63, 3.8) is 0 Å². The Morgan fingerprint density at radius 2 is 1.73 bits per heavy atom. The fraction of sp³-hybridized carbons (Fsp3) is 0. The van der Waals surface area contributed by atoms with Gasteiger partial charge in [-0.25, -0.2) is 0 Å². The van der Waals surface area contributed by atoms with Gasteiger partial charge >= 0.3 is 0 Å². The third-order valence-corrected chi connectivity index (χ3v) is 4.17. The van der Waals surface area contributed by atoms with Crippen molar-refractivity contribution in [1.29, 1.82) is 5.26 Å². The Morgan fingerprint density at radius 1 is 1.09 bits per heavy atom. The number of hydrogen-bond donors (Lipinski definition) is 1. The summed E-state index contributed by atoms with van der Waals surface area (Å²) in [5.41, 5.74) is 0.465. The predicted molar refractivity (Wildman–Crippen MR) is 89.7 cm³/mol. The molecule has 0 spiro atoms. The van der Waals surface area contributed by atoms with Gasteiger partial charge in [-0.3, -0.25) is 4.79 Å². The second-order valence-electron chi connectivity index (χ2n) is 4.14. The van der Waals surface area contributed by atoms with Crippen LogP contribution in [0.3, 0.4) is 0 Å². The molecule has 2 rings (SSSR count). The third-order valence-electron chi connectivity index (χ3n) is 2.60. The van der Waals surface area contributed by atoms with Crippen molar-refractivity contribution >= 4 is 40.9 Å². The molecule has 22 heavy (non-hydrogen) atoms. The van der Waals surface area contributed by atoms with E-state index in [4.69, 9.17) is 23.2 Å². The number of nitrogens with zero attached hydrogens (tertiary/aromatic N) is 1. The van der Waals surface area contributed by atoms with Gasteiger partial charge in [0.15, 0.2) is 0 Å². The lowest BCUT2D eigenvalue weighted by molar-refractivity contribution is 0.0967. The standard InChI is InChI=1S/C16H10Cl2N2OS/c17-12-6-8-13(9-7-12)22-15(18)14(10-19)20-16(21)11-4-2-1-3-5-11/h1-9H,(H,20,21). The number of nitrogens with one attached hydrogen (secondary N) is 1. The zero-order valence-electron chi connectivity index (χ0n) is 11.2. The van der Waals surface area contributed by atoms with E-state index in [9.17, 15) is 10.1 Å². The first kappa shape index (κ1) is 16.4. The zero-order valence-corrected chi connectivity index (χ0v) is 13.5. The summed E-state index contributed by atoms with van der Waals surface area (Å²) < 4.78 is 0.189. The van der Waals surface area contributed by atoms with E-state index in [2.05, 4.69) is 5.32 Å². The van der Waals surface area contributed by atoms with Gasteiger partial charge in [0.2, 0.25) is 0 Å². The van der Waals surface area contributed by atoms with Gasteiger partial charge in [-0.15, -0.1) is 0 Å². The van der Waals surface area contributed by atoms with Crippen molar-refractivity contribution < 1.29 is 4.79 Å². The van der Waals surface area contributed by atoms with Crippen LogP contribution in [0.5, 0.6) is 0 Å². The van der Waals surface area contributed by atoms with Gasteiger partial charge in [0.25, 0.3) is 5.91 Å². The molecule has 0 radical (unpaired) electrons. The highest BCUT2D eigenvalue weighted by Crippen LogP contribution is 2.31. The molecule has 1 amide bonds. The molecule has 0 aliphatic rings. The minimum atomic E-state index is -0.382. The van der Waals surface area contributed by atoms with Crippen LogP contribution in [0.15, 0.2) is 69.6 Å². The minimum absolute atomic E-state index is 0.00969. The second-order valence-corrected chi connectivity index (χ2v) is 6.26. The van der Waals surface area contributed by atoms with Gasteiger partial charge in [0.1, 0.15) is 16.1 Å². The van der Waals surface area contributed by atoms with Gasteiger partial charge in [-0.2, -0.15) is 5.26 Å². The highest BCUT2D eigenvalue weighted by atomic mass is 35.5. The molecule has 2 aromatic carbocycles. The number of carbonyl (C=O) groups is 1. The van der Waals surface area contributed by atoms with Crippen molar-refractivity contribution in [1.82, 2.24) is 5.32 Å². The van der Waals surface area contributed by atoms with E-state index < -0.39 is 0 Å². The molecule has 0 fully saturated rings. The largest absolute Gasteiger partial charge is 0.311 e. The maximum absolute atomic E-state index is 12.0. The summed E-state index contributed by atoms with van der Waals surface area (Å²) in [5, 5.41) is 12.3. The molecule has 0 aliphatic carbocycles.